The Hall–Kier alpha value is -0.640. The number of hydrogen-bond donors (Lipinski definition) is 1. The zero-order valence-electron chi connectivity index (χ0n) is 11.2. The number of aliphatic hydroxyl groups excluding tert-OH is 1. The summed E-state index contributed by atoms with van der Waals surface area (Å²) < 4.78 is 19.6. The molecular weight excluding hydrogens is 267 g/mol. The third kappa shape index (κ3) is 3.10. The van der Waals surface area contributed by atoms with Gasteiger partial charge in [0.1, 0.15) is 11.9 Å². The highest BCUT2D eigenvalue weighted by Crippen LogP contribution is 2.41. The first-order valence-corrected chi connectivity index (χ1v) is 7.15. The summed E-state index contributed by atoms with van der Waals surface area (Å²) in [4.78, 5) is 0. The van der Waals surface area contributed by atoms with Crippen molar-refractivity contribution in [3.8, 4) is 0 Å². The molecule has 1 saturated carbocycles. The van der Waals surface area contributed by atoms with Crippen LogP contribution in [0.1, 0.15) is 50.2 Å². The second-order valence-corrected chi connectivity index (χ2v) is 5.69. The maximum atomic E-state index is 14.0. The molecule has 1 unspecified atom stereocenters. The zero-order chi connectivity index (χ0) is 13.9. The van der Waals surface area contributed by atoms with Gasteiger partial charge in [-0.05, 0) is 25.0 Å². The number of aliphatic hydroxyl groups is 1. The van der Waals surface area contributed by atoms with Crippen molar-refractivity contribution < 1.29 is 14.2 Å². The minimum atomic E-state index is -0.951. The molecule has 1 aliphatic carbocycles. The van der Waals surface area contributed by atoms with Crippen LogP contribution in [-0.4, -0.2) is 17.8 Å². The first-order valence-electron chi connectivity index (χ1n) is 6.77. The Kier molecular flexibility index (Phi) is 4.82. The number of rotatable bonds is 3. The predicted octanol–water partition coefficient (Wildman–Crippen LogP) is 4.25. The van der Waals surface area contributed by atoms with E-state index < -0.39 is 17.5 Å². The number of ether oxygens (including phenoxy) is 1. The summed E-state index contributed by atoms with van der Waals surface area (Å²) >= 11 is 5.75. The quantitative estimate of drug-likeness (QED) is 0.842. The first kappa shape index (κ1) is 14.8. The van der Waals surface area contributed by atoms with Crippen molar-refractivity contribution in [2.45, 2.75) is 50.2 Å². The molecule has 0 heterocycles. The van der Waals surface area contributed by atoms with Gasteiger partial charge in [-0.3, -0.25) is 0 Å². The average Bonchev–Trinajstić information content (AvgIpc) is 2.64. The molecule has 1 aromatic rings. The number of benzene rings is 1. The Morgan fingerprint density at radius 1 is 1.26 bits per heavy atom. The molecule has 1 atom stereocenters. The fourth-order valence-electron chi connectivity index (χ4n) is 2.92. The molecule has 0 spiro atoms. The van der Waals surface area contributed by atoms with Crippen LogP contribution >= 0.6 is 11.6 Å². The minimum Gasteiger partial charge on any atom is -0.385 e. The molecule has 0 aromatic heterocycles. The lowest BCUT2D eigenvalue weighted by molar-refractivity contribution is -0.115. The summed E-state index contributed by atoms with van der Waals surface area (Å²) in [7, 11) is 1.60. The molecule has 0 saturated heterocycles. The highest BCUT2D eigenvalue weighted by Gasteiger charge is 2.40. The van der Waals surface area contributed by atoms with Crippen molar-refractivity contribution >= 4 is 11.6 Å². The van der Waals surface area contributed by atoms with Gasteiger partial charge in [0.2, 0.25) is 0 Å². The van der Waals surface area contributed by atoms with Crippen LogP contribution in [0.5, 0.6) is 0 Å². The van der Waals surface area contributed by atoms with Gasteiger partial charge in [-0.15, -0.1) is 0 Å². The standard InChI is InChI=1S/C15H20ClFO2/c1-19-15(8-4-2-3-5-9-15)14(18)12-7-6-11(16)10-13(12)17/h6-7,10,14,18H,2-5,8-9H2,1H3. The molecule has 1 N–H and O–H groups in total. The lowest BCUT2D eigenvalue weighted by Crippen LogP contribution is -2.38. The summed E-state index contributed by atoms with van der Waals surface area (Å²) in [6, 6.07) is 4.39. The molecule has 0 radical (unpaired) electrons. The first-order chi connectivity index (χ1) is 9.09. The second-order valence-electron chi connectivity index (χ2n) is 5.25. The van der Waals surface area contributed by atoms with Gasteiger partial charge in [0.25, 0.3) is 0 Å². The third-order valence-corrected chi connectivity index (χ3v) is 4.35. The van der Waals surface area contributed by atoms with E-state index >= 15 is 0 Å². The van der Waals surface area contributed by atoms with Crippen molar-refractivity contribution in [2.75, 3.05) is 7.11 Å². The topological polar surface area (TPSA) is 29.5 Å². The van der Waals surface area contributed by atoms with Crippen molar-refractivity contribution in [3.63, 3.8) is 0 Å². The molecular formula is C15H20ClFO2. The van der Waals surface area contributed by atoms with E-state index in [0.717, 1.165) is 38.5 Å². The van der Waals surface area contributed by atoms with Crippen LogP contribution in [0.15, 0.2) is 18.2 Å². The highest BCUT2D eigenvalue weighted by atomic mass is 35.5. The molecule has 1 fully saturated rings. The molecule has 0 aliphatic heterocycles. The van der Waals surface area contributed by atoms with E-state index in [1.807, 2.05) is 0 Å². The smallest absolute Gasteiger partial charge is 0.130 e. The van der Waals surface area contributed by atoms with Gasteiger partial charge in [-0.2, -0.15) is 0 Å². The van der Waals surface area contributed by atoms with E-state index in [1.54, 1.807) is 19.2 Å². The molecule has 0 amide bonds. The molecule has 2 rings (SSSR count). The lowest BCUT2D eigenvalue weighted by Gasteiger charge is -2.36. The van der Waals surface area contributed by atoms with Crippen molar-refractivity contribution in [3.05, 3.63) is 34.6 Å². The van der Waals surface area contributed by atoms with Crippen LogP contribution in [0, 0.1) is 5.82 Å². The van der Waals surface area contributed by atoms with E-state index in [-0.39, 0.29) is 5.56 Å². The second kappa shape index (κ2) is 6.21. The van der Waals surface area contributed by atoms with Crippen LogP contribution in [0.3, 0.4) is 0 Å². The Morgan fingerprint density at radius 2 is 1.89 bits per heavy atom. The van der Waals surface area contributed by atoms with Gasteiger partial charge < -0.3 is 9.84 Å². The summed E-state index contributed by atoms with van der Waals surface area (Å²) in [5.41, 5.74) is -0.404. The van der Waals surface area contributed by atoms with Gasteiger partial charge >= 0.3 is 0 Å². The highest BCUT2D eigenvalue weighted by molar-refractivity contribution is 6.30. The molecule has 106 valence electrons. The largest absolute Gasteiger partial charge is 0.385 e. The monoisotopic (exact) mass is 286 g/mol. The van der Waals surface area contributed by atoms with Crippen LogP contribution in [0.4, 0.5) is 4.39 Å². The Bertz CT molecular complexity index is 428. The van der Waals surface area contributed by atoms with Crippen molar-refractivity contribution in [2.24, 2.45) is 0 Å². The van der Waals surface area contributed by atoms with Gasteiger partial charge in [-0.1, -0.05) is 43.4 Å². The SMILES string of the molecule is COC1(C(O)c2ccc(Cl)cc2F)CCCCCC1. The van der Waals surface area contributed by atoms with E-state index in [9.17, 15) is 9.50 Å². The summed E-state index contributed by atoms with van der Waals surface area (Å²) in [5, 5.41) is 10.9. The molecule has 2 nitrogen and oxygen atoms in total. The Balaban J connectivity index is 2.31. The minimum absolute atomic E-state index is 0.271. The fraction of sp³-hybridized carbons (Fsp3) is 0.600. The predicted molar refractivity (Wildman–Crippen MR) is 73.8 cm³/mol. The van der Waals surface area contributed by atoms with E-state index in [2.05, 4.69) is 0 Å². The summed E-state index contributed by atoms with van der Waals surface area (Å²) in [6.07, 6.45) is 4.84. The molecule has 4 heteroatoms. The van der Waals surface area contributed by atoms with Gasteiger partial charge in [0.05, 0.1) is 5.60 Å². The van der Waals surface area contributed by atoms with E-state index in [1.165, 1.54) is 6.07 Å². The third-order valence-electron chi connectivity index (χ3n) is 4.11. The van der Waals surface area contributed by atoms with Crippen LogP contribution in [0.25, 0.3) is 0 Å². The molecule has 1 aromatic carbocycles. The molecule has 19 heavy (non-hydrogen) atoms. The zero-order valence-corrected chi connectivity index (χ0v) is 11.9. The molecule has 0 bridgehead atoms. The van der Waals surface area contributed by atoms with Gasteiger partial charge in [-0.25, -0.2) is 4.39 Å². The van der Waals surface area contributed by atoms with Crippen LogP contribution in [-0.2, 0) is 4.74 Å². The summed E-state index contributed by atoms with van der Waals surface area (Å²) in [5.74, 6) is -0.472. The van der Waals surface area contributed by atoms with Crippen LogP contribution < -0.4 is 0 Å². The lowest BCUT2D eigenvalue weighted by atomic mass is 9.84. The average molecular weight is 287 g/mol. The van der Waals surface area contributed by atoms with E-state index in [4.69, 9.17) is 16.3 Å². The summed E-state index contributed by atoms with van der Waals surface area (Å²) in [6.45, 7) is 0. The maximum absolute atomic E-state index is 14.0. The Labute approximate surface area is 118 Å². The van der Waals surface area contributed by atoms with E-state index in [0.29, 0.717) is 5.02 Å². The number of methoxy groups -OCH3 is 1. The number of hydrogen-bond acceptors (Lipinski definition) is 2. The number of halogens is 2. The van der Waals surface area contributed by atoms with Gasteiger partial charge in [0, 0.05) is 17.7 Å². The van der Waals surface area contributed by atoms with Crippen LogP contribution in [0.2, 0.25) is 5.02 Å². The van der Waals surface area contributed by atoms with Crippen molar-refractivity contribution in [1.29, 1.82) is 0 Å². The Morgan fingerprint density at radius 3 is 2.42 bits per heavy atom. The molecule has 1 aliphatic rings. The van der Waals surface area contributed by atoms with Crippen molar-refractivity contribution in [1.82, 2.24) is 0 Å². The normalized spacial score (nSPS) is 20.8. The van der Waals surface area contributed by atoms with Gasteiger partial charge in [0.15, 0.2) is 0 Å². The maximum Gasteiger partial charge on any atom is 0.130 e. The fourth-order valence-corrected chi connectivity index (χ4v) is 3.08.